The fraction of sp³-hybridized carbons (Fsp3) is 0.444. The number of rotatable bonds is 4. The van der Waals surface area contributed by atoms with Gasteiger partial charge in [-0.1, -0.05) is 11.3 Å². The third kappa shape index (κ3) is 2.59. The van der Waals surface area contributed by atoms with Crippen LogP contribution in [0.15, 0.2) is 30.7 Å². The number of hydrogen-bond donors (Lipinski definition) is 1. The molecular weight excluding hydrogens is 316 g/mol. The van der Waals surface area contributed by atoms with Gasteiger partial charge in [-0.3, -0.25) is 9.48 Å². The standard InChI is InChI=1S/C18H20N6O/c25-18(14-4-1-5-15-17(14)20-11-19-15)24-8-2-3-13(24)9-23-10-16(21-22-23)12-6-7-12/h1,4-5,10-13H,2-3,6-9H2,(H,19,20)/t13-/m0/s1. The Morgan fingerprint density at radius 1 is 1.28 bits per heavy atom. The zero-order chi connectivity index (χ0) is 16.8. The third-order valence-electron chi connectivity index (χ3n) is 5.27. The highest BCUT2D eigenvalue weighted by Gasteiger charge is 2.32. The minimum absolute atomic E-state index is 0.0581. The summed E-state index contributed by atoms with van der Waals surface area (Å²) >= 11 is 0. The number of para-hydroxylation sites is 1. The summed E-state index contributed by atoms with van der Waals surface area (Å²) in [6, 6.07) is 5.87. The first kappa shape index (κ1) is 14.6. The number of amides is 1. The lowest BCUT2D eigenvalue weighted by Gasteiger charge is -2.24. The molecule has 3 aromatic rings. The van der Waals surface area contributed by atoms with Gasteiger partial charge in [0.15, 0.2) is 0 Å². The van der Waals surface area contributed by atoms with Gasteiger partial charge in [0, 0.05) is 18.7 Å². The van der Waals surface area contributed by atoms with Gasteiger partial charge in [-0.25, -0.2) is 4.98 Å². The van der Waals surface area contributed by atoms with Gasteiger partial charge in [0.1, 0.15) is 5.52 Å². The van der Waals surface area contributed by atoms with E-state index in [0.717, 1.165) is 36.1 Å². The van der Waals surface area contributed by atoms with Crippen LogP contribution in [0.4, 0.5) is 0 Å². The molecule has 1 saturated heterocycles. The monoisotopic (exact) mass is 336 g/mol. The van der Waals surface area contributed by atoms with Crippen molar-refractivity contribution in [2.24, 2.45) is 0 Å². The maximum atomic E-state index is 13.1. The second-order valence-electron chi connectivity index (χ2n) is 7.04. The first-order valence-electron chi connectivity index (χ1n) is 8.93. The van der Waals surface area contributed by atoms with Crippen LogP contribution in [-0.4, -0.2) is 48.4 Å². The molecule has 128 valence electrons. The lowest BCUT2D eigenvalue weighted by atomic mass is 10.1. The van der Waals surface area contributed by atoms with E-state index in [-0.39, 0.29) is 11.9 Å². The second kappa shape index (κ2) is 5.68. The number of H-pyrrole nitrogens is 1. The maximum Gasteiger partial charge on any atom is 0.256 e. The maximum absolute atomic E-state index is 13.1. The van der Waals surface area contributed by atoms with E-state index in [0.29, 0.717) is 18.0 Å². The quantitative estimate of drug-likeness (QED) is 0.793. The highest BCUT2D eigenvalue weighted by molar-refractivity contribution is 6.04. The molecule has 5 rings (SSSR count). The molecule has 0 bridgehead atoms. The number of imidazole rings is 1. The number of fused-ring (bicyclic) bond motifs is 1. The van der Waals surface area contributed by atoms with Crippen LogP contribution in [0, 0.1) is 0 Å². The van der Waals surface area contributed by atoms with E-state index in [1.165, 1.54) is 12.8 Å². The molecule has 1 aromatic carbocycles. The predicted octanol–water partition coefficient (Wildman–Crippen LogP) is 2.34. The van der Waals surface area contributed by atoms with Gasteiger partial charge in [0.2, 0.25) is 0 Å². The van der Waals surface area contributed by atoms with Crippen LogP contribution in [0.2, 0.25) is 0 Å². The summed E-state index contributed by atoms with van der Waals surface area (Å²) in [6.45, 7) is 1.50. The number of aromatic nitrogens is 5. The Labute approximate surface area is 145 Å². The van der Waals surface area contributed by atoms with Crippen molar-refractivity contribution < 1.29 is 4.79 Å². The Morgan fingerprint density at radius 2 is 2.20 bits per heavy atom. The molecule has 0 unspecified atom stereocenters. The number of hydrogen-bond acceptors (Lipinski definition) is 4. The molecule has 1 aliphatic heterocycles. The van der Waals surface area contributed by atoms with Crippen molar-refractivity contribution in [1.82, 2.24) is 29.9 Å². The van der Waals surface area contributed by atoms with Crippen LogP contribution in [0.1, 0.15) is 47.7 Å². The Bertz CT molecular complexity index is 924. The predicted molar refractivity (Wildman–Crippen MR) is 92.1 cm³/mol. The number of likely N-dealkylation sites (tertiary alicyclic amines) is 1. The smallest absolute Gasteiger partial charge is 0.256 e. The normalized spacial score (nSPS) is 20.5. The summed E-state index contributed by atoms with van der Waals surface area (Å²) in [5.74, 6) is 0.662. The SMILES string of the molecule is O=C(c1cccc2[nH]cnc12)N1CCC[C@H]1Cn1cc(C2CC2)nn1. The lowest BCUT2D eigenvalue weighted by Crippen LogP contribution is -2.38. The first-order chi connectivity index (χ1) is 12.3. The number of carbonyl (C=O) groups is 1. The fourth-order valence-electron chi connectivity index (χ4n) is 3.77. The molecule has 0 spiro atoms. The van der Waals surface area contributed by atoms with E-state index in [4.69, 9.17) is 0 Å². The lowest BCUT2D eigenvalue weighted by molar-refractivity contribution is 0.0723. The van der Waals surface area contributed by atoms with Crippen LogP contribution in [0.3, 0.4) is 0 Å². The first-order valence-corrected chi connectivity index (χ1v) is 8.93. The van der Waals surface area contributed by atoms with Crippen molar-refractivity contribution in [3.8, 4) is 0 Å². The molecular formula is C18H20N6O. The van der Waals surface area contributed by atoms with Crippen molar-refractivity contribution in [2.75, 3.05) is 6.54 Å². The molecule has 1 N–H and O–H groups in total. The summed E-state index contributed by atoms with van der Waals surface area (Å²) in [5.41, 5.74) is 3.40. The number of carbonyl (C=O) groups excluding carboxylic acids is 1. The van der Waals surface area contributed by atoms with Gasteiger partial charge >= 0.3 is 0 Å². The molecule has 25 heavy (non-hydrogen) atoms. The van der Waals surface area contributed by atoms with Gasteiger partial charge < -0.3 is 9.88 Å². The number of aromatic amines is 1. The topological polar surface area (TPSA) is 79.7 Å². The average Bonchev–Trinajstić information content (AvgIpc) is 3.04. The highest BCUT2D eigenvalue weighted by atomic mass is 16.2. The van der Waals surface area contributed by atoms with Crippen molar-refractivity contribution >= 4 is 16.9 Å². The zero-order valence-corrected chi connectivity index (χ0v) is 13.9. The molecule has 2 aromatic heterocycles. The molecule has 1 atom stereocenters. The summed E-state index contributed by atoms with van der Waals surface area (Å²) in [6.07, 6.45) is 8.16. The van der Waals surface area contributed by atoms with E-state index in [1.807, 2.05) is 34.0 Å². The summed E-state index contributed by atoms with van der Waals surface area (Å²) in [4.78, 5) is 22.5. The summed E-state index contributed by atoms with van der Waals surface area (Å²) < 4.78 is 1.90. The largest absolute Gasteiger partial charge is 0.345 e. The molecule has 2 aliphatic rings. The molecule has 0 radical (unpaired) electrons. The molecule has 1 saturated carbocycles. The Balaban J connectivity index is 1.38. The van der Waals surface area contributed by atoms with Crippen LogP contribution in [0.5, 0.6) is 0 Å². The number of nitrogens with zero attached hydrogens (tertiary/aromatic N) is 5. The van der Waals surface area contributed by atoms with Crippen LogP contribution < -0.4 is 0 Å². The Hall–Kier alpha value is -2.70. The molecule has 1 amide bonds. The molecule has 1 aliphatic carbocycles. The van der Waals surface area contributed by atoms with Crippen LogP contribution in [0.25, 0.3) is 11.0 Å². The van der Waals surface area contributed by atoms with E-state index in [1.54, 1.807) is 6.33 Å². The molecule has 3 heterocycles. The summed E-state index contributed by atoms with van der Waals surface area (Å²) in [5, 5.41) is 8.54. The minimum atomic E-state index is 0.0581. The zero-order valence-electron chi connectivity index (χ0n) is 13.9. The second-order valence-corrected chi connectivity index (χ2v) is 7.04. The van der Waals surface area contributed by atoms with Crippen molar-refractivity contribution in [1.29, 1.82) is 0 Å². The Morgan fingerprint density at radius 3 is 3.08 bits per heavy atom. The van der Waals surface area contributed by atoms with Crippen LogP contribution >= 0.6 is 0 Å². The third-order valence-corrected chi connectivity index (χ3v) is 5.27. The van der Waals surface area contributed by atoms with Gasteiger partial charge in [-0.05, 0) is 37.8 Å². The van der Waals surface area contributed by atoms with E-state index < -0.39 is 0 Å². The highest BCUT2D eigenvalue weighted by Crippen LogP contribution is 2.38. The molecule has 7 heteroatoms. The molecule has 7 nitrogen and oxygen atoms in total. The minimum Gasteiger partial charge on any atom is -0.345 e. The number of benzene rings is 1. The van der Waals surface area contributed by atoms with Gasteiger partial charge in [0.25, 0.3) is 5.91 Å². The number of nitrogens with one attached hydrogen (secondary N) is 1. The van der Waals surface area contributed by atoms with Gasteiger partial charge in [-0.2, -0.15) is 0 Å². The summed E-state index contributed by atoms with van der Waals surface area (Å²) in [7, 11) is 0. The average molecular weight is 336 g/mol. The van der Waals surface area contributed by atoms with E-state index in [2.05, 4.69) is 20.3 Å². The van der Waals surface area contributed by atoms with Crippen LogP contribution in [-0.2, 0) is 6.54 Å². The van der Waals surface area contributed by atoms with E-state index >= 15 is 0 Å². The Kier molecular flexibility index (Phi) is 3.33. The van der Waals surface area contributed by atoms with Crippen molar-refractivity contribution in [3.05, 3.63) is 42.0 Å². The van der Waals surface area contributed by atoms with Crippen molar-refractivity contribution in [3.63, 3.8) is 0 Å². The van der Waals surface area contributed by atoms with Gasteiger partial charge in [-0.15, -0.1) is 5.10 Å². The molecule has 2 fully saturated rings. The van der Waals surface area contributed by atoms with Gasteiger partial charge in [0.05, 0.1) is 35.7 Å². The van der Waals surface area contributed by atoms with E-state index in [9.17, 15) is 4.79 Å². The van der Waals surface area contributed by atoms with Crippen molar-refractivity contribution in [2.45, 2.75) is 44.2 Å². The fourth-order valence-corrected chi connectivity index (χ4v) is 3.77.